The Balaban J connectivity index is 2.16. The molecule has 0 aromatic heterocycles. The summed E-state index contributed by atoms with van der Waals surface area (Å²) in [5, 5.41) is 0. The van der Waals surface area contributed by atoms with Gasteiger partial charge < -0.3 is 4.74 Å². The van der Waals surface area contributed by atoms with E-state index in [1.807, 2.05) is 6.08 Å². The molecule has 1 aliphatic carbocycles. The van der Waals surface area contributed by atoms with Gasteiger partial charge >= 0.3 is 0 Å². The molecule has 0 radical (unpaired) electrons. The first-order chi connectivity index (χ1) is 7.81. The number of rotatable bonds is 1. The van der Waals surface area contributed by atoms with Crippen molar-refractivity contribution < 1.29 is 9.13 Å². The zero-order valence-corrected chi connectivity index (χ0v) is 11.0. The molecule has 0 bridgehead atoms. The number of hydrogen-bond donors (Lipinski definition) is 0. The van der Waals surface area contributed by atoms with Crippen LogP contribution < -0.4 is 0 Å². The molecule has 1 unspecified atom stereocenters. The van der Waals surface area contributed by atoms with E-state index in [0.29, 0.717) is 13.0 Å². The lowest BCUT2D eigenvalue weighted by Crippen LogP contribution is -2.30. The minimum absolute atomic E-state index is 0.0510. The fraction of sp³-hybridized carbons (Fsp3) is 0.643. The highest BCUT2D eigenvalue weighted by molar-refractivity contribution is 5.83. The first kappa shape index (κ1) is 12.3. The van der Waals surface area contributed by atoms with Gasteiger partial charge in [0.15, 0.2) is 5.90 Å². The van der Waals surface area contributed by atoms with Crippen LogP contribution in [-0.4, -0.2) is 18.5 Å². The van der Waals surface area contributed by atoms with Crippen molar-refractivity contribution in [1.82, 2.24) is 0 Å². The molecule has 0 aromatic rings. The van der Waals surface area contributed by atoms with Gasteiger partial charge in [-0.25, -0.2) is 9.38 Å². The summed E-state index contributed by atoms with van der Waals surface area (Å²) in [6.07, 6.45) is 5.77. The molecule has 0 amide bonds. The van der Waals surface area contributed by atoms with E-state index in [-0.39, 0.29) is 22.7 Å². The van der Waals surface area contributed by atoms with Crippen LogP contribution in [0, 0.1) is 10.8 Å². The SMILES string of the molecule is CC(C)(C)C1=N[C@@H](C2(C)C=CC(F)=CC2)CO1. The summed E-state index contributed by atoms with van der Waals surface area (Å²) < 4.78 is 18.7. The third-order valence-electron chi connectivity index (χ3n) is 3.41. The quantitative estimate of drug-likeness (QED) is 0.682. The Kier molecular flexibility index (Phi) is 2.88. The third kappa shape index (κ3) is 2.43. The molecule has 2 rings (SSSR count). The molecule has 0 aromatic carbocycles. The van der Waals surface area contributed by atoms with E-state index in [4.69, 9.17) is 4.74 Å². The highest BCUT2D eigenvalue weighted by Crippen LogP contribution is 2.38. The van der Waals surface area contributed by atoms with Gasteiger partial charge in [-0.2, -0.15) is 0 Å². The summed E-state index contributed by atoms with van der Waals surface area (Å²) in [5.74, 6) is 0.661. The van der Waals surface area contributed by atoms with Gasteiger partial charge in [0.2, 0.25) is 0 Å². The number of hydrogen-bond acceptors (Lipinski definition) is 2. The smallest absolute Gasteiger partial charge is 0.189 e. The Morgan fingerprint density at radius 3 is 2.65 bits per heavy atom. The maximum absolute atomic E-state index is 13.0. The summed E-state index contributed by atoms with van der Waals surface area (Å²) in [6.45, 7) is 8.98. The number of aliphatic imine (C=N–C) groups is 1. The Bertz CT molecular complexity index is 403. The minimum atomic E-state index is -0.151. The highest BCUT2D eigenvalue weighted by Gasteiger charge is 2.39. The van der Waals surface area contributed by atoms with Gasteiger partial charge in [0, 0.05) is 10.8 Å². The van der Waals surface area contributed by atoms with Crippen LogP contribution in [0.5, 0.6) is 0 Å². The van der Waals surface area contributed by atoms with Gasteiger partial charge in [0.25, 0.3) is 0 Å². The van der Waals surface area contributed by atoms with Gasteiger partial charge in [-0.05, 0) is 18.6 Å². The lowest BCUT2D eigenvalue weighted by molar-refractivity contribution is 0.228. The van der Waals surface area contributed by atoms with E-state index in [1.54, 1.807) is 6.08 Å². The highest BCUT2D eigenvalue weighted by atomic mass is 19.1. The molecule has 0 saturated heterocycles. The number of allylic oxidation sites excluding steroid dienone is 3. The monoisotopic (exact) mass is 237 g/mol. The van der Waals surface area contributed by atoms with E-state index in [0.717, 1.165) is 5.90 Å². The Labute approximate surface area is 102 Å². The largest absolute Gasteiger partial charge is 0.478 e. The first-order valence-electron chi connectivity index (χ1n) is 6.07. The molecule has 1 heterocycles. The van der Waals surface area contributed by atoms with Crippen molar-refractivity contribution in [3.8, 4) is 0 Å². The zero-order valence-electron chi connectivity index (χ0n) is 11.0. The molecular formula is C14H20FNO. The second-order valence-corrected chi connectivity index (χ2v) is 6.14. The lowest BCUT2D eigenvalue weighted by atomic mass is 9.77. The summed E-state index contributed by atoms with van der Waals surface area (Å²) in [5.41, 5.74) is -0.173. The summed E-state index contributed by atoms with van der Waals surface area (Å²) in [4.78, 5) is 4.67. The molecule has 2 aliphatic rings. The summed E-state index contributed by atoms with van der Waals surface area (Å²) in [6, 6.07) is 0.0947. The number of halogens is 1. The molecule has 94 valence electrons. The van der Waals surface area contributed by atoms with Crippen molar-refractivity contribution in [2.24, 2.45) is 15.8 Å². The number of ether oxygens (including phenoxy) is 1. The molecule has 2 nitrogen and oxygen atoms in total. The van der Waals surface area contributed by atoms with Gasteiger partial charge in [0.1, 0.15) is 12.4 Å². The molecule has 3 heteroatoms. The van der Waals surface area contributed by atoms with Gasteiger partial charge in [0.05, 0.1) is 6.04 Å². The maximum atomic E-state index is 13.0. The van der Waals surface area contributed by atoms with Crippen molar-refractivity contribution in [3.05, 3.63) is 24.1 Å². The van der Waals surface area contributed by atoms with E-state index < -0.39 is 0 Å². The topological polar surface area (TPSA) is 21.6 Å². The predicted octanol–water partition coefficient (Wildman–Crippen LogP) is 3.65. The fourth-order valence-corrected chi connectivity index (χ4v) is 2.09. The van der Waals surface area contributed by atoms with Crippen LogP contribution in [0.4, 0.5) is 4.39 Å². The average Bonchev–Trinajstić information content (AvgIpc) is 2.72. The van der Waals surface area contributed by atoms with Crippen molar-refractivity contribution >= 4 is 5.90 Å². The molecule has 0 N–H and O–H groups in total. The van der Waals surface area contributed by atoms with Crippen molar-refractivity contribution in [1.29, 1.82) is 0 Å². The molecule has 0 spiro atoms. The van der Waals surface area contributed by atoms with Crippen LogP contribution in [0.1, 0.15) is 34.1 Å². The Morgan fingerprint density at radius 1 is 1.47 bits per heavy atom. The van der Waals surface area contributed by atoms with Gasteiger partial charge in [-0.3, -0.25) is 0 Å². The van der Waals surface area contributed by atoms with Crippen molar-refractivity contribution in [2.45, 2.75) is 40.2 Å². The van der Waals surface area contributed by atoms with Crippen LogP contribution in [0.3, 0.4) is 0 Å². The zero-order chi connectivity index (χ0) is 12.7. The predicted molar refractivity (Wildman–Crippen MR) is 67.7 cm³/mol. The van der Waals surface area contributed by atoms with E-state index in [9.17, 15) is 4.39 Å². The van der Waals surface area contributed by atoms with Crippen molar-refractivity contribution in [2.75, 3.05) is 6.61 Å². The Morgan fingerprint density at radius 2 is 2.18 bits per heavy atom. The molecule has 1 aliphatic heterocycles. The molecular weight excluding hydrogens is 217 g/mol. The Hall–Kier alpha value is -1.12. The van der Waals surface area contributed by atoms with Crippen LogP contribution in [0.15, 0.2) is 29.0 Å². The second kappa shape index (κ2) is 3.97. The van der Waals surface area contributed by atoms with Crippen LogP contribution in [0.2, 0.25) is 0 Å². The lowest BCUT2D eigenvalue weighted by Gasteiger charge is -2.30. The molecule has 0 saturated carbocycles. The van der Waals surface area contributed by atoms with E-state index >= 15 is 0 Å². The second-order valence-electron chi connectivity index (χ2n) is 6.14. The first-order valence-corrected chi connectivity index (χ1v) is 6.07. The fourth-order valence-electron chi connectivity index (χ4n) is 2.09. The number of nitrogens with zero attached hydrogens (tertiary/aromatic N) is 1. The van der Waals surface area contributed by atoms with E-state index in [2.05, 4.69) is 32.7 Å². The van der Waals surface area contributed by atoms with Crippen LogP contribution >= 0.6 is 0 Å². The van der Waals surface area contributed by atoms with Gasteiger partial charge in [-0.15, -0.1) is 0 Å². The van der Waals surface area contributed by atoms with Crippen LogP contribution in [-0.2, 0) is 4.74 Å². The summed E-state index contributed by atoms with van der Waals surface area (Å²) >= 11 is 0. The van der Waals surface area contributed by atoms with Crippen LogP contribution in [0.25, 0.3) is 0 Å². The molecule has 17 heavy (non-hydrogen) atoms. The standard InChI is InChI=1S/C14H20FNO/c1-13(2,3)12-16-11(9-17-12)14(4)7-5-10(15)6-8-14/h5-7,11H,8-9H2,1-4H3/t11-,14?/m1/s1. The van der Waals surface area contributed by atoms with Gasteiger partial charge in [-0.1, -0.05) is 33.8 Å². The van der Waals surface area contributed by atoms with E-state index in [1.165, 1.54) is 6.08 Å². The van der Waals surface area contributed by atoms with Crippen molar-refractivity contribution in [3.63, 3.8) is 0 Å². The molecule has 0 fully saturated rings. The molecule has 2 atom stereocenters. The normalized spacial score (nSPS) is 33.1. The third-order valence-corrected chi connectivity index (χ3v) is 3.41. The summed E-state index contributed by atoms with van der Waals surface area (Å²) in [7, 11) is 0. The minimum Gasteiger partial charge on any atom is -0.478 e. The average molecular weight is 237 g/mol. The maximum Gasteiger partial charge on any atom is 0.189 e.